The molecule has 1 N–H and O–H groups in total. The molecule has 6 heteroatoms. The van der Waals surface area contributed by atoms with Gasteiger partial charge in [-0.15, -0.1) is 48.3 Å². The number of hydrogen-bond donors (Lipinski definition) is 1. The van der Waals surface area contributed by atoms with Gasteiger partial charge in [-0.2, -0.15) is 18.2 Å². The summed E-state index contributed by atoms with van der Waals surface area (Å²) < 4.78 is 6.66. The van der Waals surface area contributed by atoms with E-state index in [1.165, 1.54) is 62.1 Å². The van der Waals surface area contributed by atoms with Gasteiger partial charge in [0.05, 0.1) is 0 Å². The minimum absolute atomic E-state index is 0. The summed E-state index contributed by atoms with van der Waals surface area (Å²) >= 11 is 0. The number of ether oxygens (including phenoxy) is 1. The Morgan fingerprint density at radius 2 is 1.11 bits per heavy atom. The van der Waals surface area contributed by atoms with Crippen LogP contribution in [0.15, 0.2) is 176 Å². The third kappa shape index (κ3) is 11.9. The van der Waals surface area contributed by atoms with E-state index >= 15 is 0 Å². The summed E-state index contributed by atoms with van der Waals surface area (Å²) in [5.74, 6) is 2.01. The van der Waals surface area contributed by atoms with Crippen LogP contribution in [0.5, 0.6) is 11.5 Å². The fourth-order valence-corrected chi connectivity index (χ4v) is 12.2. The molecule has 8 aromatic carbocycles. The van der Waals surface area contributed by atoms with Crippen LogP contribution in [0.4, 0.5) is 34.3 Å². The van der Waals surface area contributed by atoms with Gasteiger partial charge in [-0.25, -0.2) is 4.98 Å². The maximum Gasteiger partial charge on any atom is 0.130 e. The molecule has 0 saturated heterocycles. The van der Waals surface area contributed by atoms with E-state index in [0.29, 0.717) is 11.5 Å². The van der Waals surface area contributed by atoms with Gasteiger partial charge in [-0.3, -0.25) is 0 Å². The smallest absolute Gasteiger partial charge is 0.130 e. The number of rotatable bonds is 10. The van der Waals surface area contributed by atoms with Gasteiger partial charge >= 0.3 is 0 Å². The number of pyridine rings is 1. The van der Waals surface area contributed by atoms with E-state index < -0.39 is 0 Å². The molecule has 2 aliphatic rings. The van der Waals surface area contributed by atoms with Gasteiger partial charge in [0.2, 0.25) is 0 Å². The van der Waals surface area contributed by atoms with Crippen molar-refractivity contribution in [3.05, 3.63) is 228 Å². The first-order valence-electron chi connectivity index (χ1n) is 29.8. The van der Waals surface area contributed by atoms with Crippen molar-refractivity contribution in [1.29, 1.82) is 0 Å². The topological polar surface area (TPSA) is 40.6 Å². The van der Waals surface area contributed by atoms with Crippen LogP contribution in [-0.2, 0) is 53.6 Å². The number of fused-ring (bicyclic) bond motifs is 2. The third-order valence-electron chi connectivity index (χ3n) is 17.3. The number of benzene rings is 8. The molecule has 0 saturated carbocycles. The zero-order valence-corrected chi connectivity index (χ0v) is 54.6. The molecular formula is C78H83N4OPt-3. The molecule has 2 heterocycles. The second-order valence-corrected chi connectivity index (χ2v) is 28.7. The second-order valence-electron chi connectivity index (χ2n) is 28.7. The molecule has 0 amide bonds. The van der Waals surface area contributed by atoms with Crippen LogP contribution in [0, 0.1) is 18.8 Å². The molecule has 84 heavy (non-hydrogen) atoms. The number of hydrogen-bond acceptors (Lipinski definition) is 5. The minimum Gasteiger partial charge on any atom is -0.509 e. The number of nitrogens with one attached hydrogen (secondary N) is 1. The molecule has 0 fully saturated rings. The maximum atomic E-state index is 6.66. The van der Waals surface area contributed by atoms with Crippen LogP contribution < -0.4 is 19.9 Å². The Morgan fingerprint density at radius 1 is 0.500 bits per heavy atom. The molecular weight excluding hydrogens is 1200 g/mol. The van der Waals surface area contributed by atoms with Gasteiger partial charge in [0.15, 0.2) is 0 Å². The molecule has 0 radical (unpaired) electrons. The first-order chi connectivity index (χ1) is 39.1. The number of anilines is 6. The Labute approximate surface area is 517 Å². The van der Waals surface area contributed by atoms with E-state index in [1.807, 2.05) is 24.3 Å². The Bertz CT molecular complexity index is 3850. The van der Waals surface area contributed by atoms with Crippen LogP contribution in [0.25, 0.3) is 44.5 Å². The van der Waals surface area contributed by atoms with Crippen LogP contribution in [0.2, 0.25) is 0 Å². The number of aromatic nitrogens is 1. The number of para-hydroxylation sites is 3. The van der Waals surface area contributed by atoms with Gasteiger partial charge in [-0.1, -0.05) is 226 Å². The van der Waals surface area contributed by atoms with Crippen molar-refractivity contribution in [3.63, 3.8) is 0 Å². The Kier molecular flexibility index (Phi) is 15.9. The van der Waals surface area contributed by atoms with E-state index in [4.69, 9.17) is 9.72 Å². The van der Waals surface area contributed by atoms with Crippen molar-refractivity contribution < 1.29 is 25.8 Å². The van der Waals surface area contributed by atoms with E-state index in [1.54, 1.807) is 0 Å². The summed E-state index contributed by atoms with van der Waals surface area (Å²) in [5.41, 5.74) is 22.3. The van der Waals surface area contributed by atoms with Crippen molar-refractivity contribution >= 4 is 34.3 Å². The SMILES string of the molecule is CC(C)(C)c1cc(-c2cccc(-c3ccccc3)c2N2[CH-]N(c3[c-]c(Oc4[c-]cc(-c5cc(C(C)(C)C)ccc5Nc5cc(C(C)(C)C)c(-c6cccc7c6C(C)(C)CCC7(C)C)cn5)cc4)ccc3)c3ccccc32)cc(C(C)(C)C)c1.[Pt]. The molecule has 1 aliphatic heterocycles. The number of nitrogens with zero attached hydrogens (tertiary/aromatic N) is 3. The summed E-state index contributed by atoms with van der Waals surface area (Å²) in [6.45, 7) is 39.4. The second kappa shape index (κ2) is 22.3. The summed E-state index contributed by atoms with van der Waals surface area (Å²) in [6, 6.07) is 68.7. The van der Waals surface area contributed by atoms with Crippen molar-refractivity contribution in [2.45, 2.75) is 156 Å². The zero-order chi connectivity index (χ0) is 59.0. The van der Waals surface area contributed by atoms with Crippen molar-refractivity contribution in [2.24, 2.45) is 0 Å². The van der Waals surface area contributed by atoms with Crippen LogP contribution in [-0.4, -0.2) is 4.98 Å². The van der Waals surface area contributed by atoms with Crippen molar-refractivity contribution in [2.75, 3.05) is 15.1 Å². The maximum absolute atomic E-state index is 6.66. The predicted molar refractivity (Wildman–Crippen MR) is 351 cm³/mol. The molecule has 0 spiro atoms. The zero-order valence-electron chi connectivity index (χ0n) is 52.3. The average Bonchev–Trinajstić information content (AvgIpc) is 2.61. The van der Waals surface area contributed by atoms with Crippen LogP contribution >= 0.6 is 0 Å². The molecule has 1 aromatic heterocycles. The Hall–Kier alpha value is -7.20. The van der Waals surface area contributed by atoms with E-state index in [-0.39, 0.29) is 53.6 Å². The molecule has 9 aromatic rings. The molecule has 5 nitrogen and oxygen atoms in total. The van der Waals surface area contributed by atoms with Gasteiger partial charge in [0.25, 0.3) is 0 Å². The monoisotopic (exact) mass is 1290 g/mol. The van der Waals surface area contributed by atoms with Gasteiger partial charge < -0.3 is 19.9 Å². The van der Waals surface area contributed by atoms with Crippen LogP contribution in [0.1, 0.15) is 157 Å². The largest absolute Gasteiger partial charge is 0.509 e. The third-order valence-corrected chi connectivity index (χ3v) is 17.3. The fraction of sp³-hybridized carbons (Fsp3) is 0.308. The normalized spacial score (nSPS) is 14.8. The molecule has 0 unspecified atom stereocenters. The Balaban J connectivity index is 0.00000786. The van der Waals surface area contributed by atoms with Crippen molar-refractivity contribution in [3.8, 4) is 56.0 Å². The summed E-state index contributed by atoms with van der Waals surface area (Å²) in [6.07, 6.45) is 4.44. The average molecular weight is 1290 g/mol. The van der Waals surface area contributed by atoms with Gasteiger partial charge in [-0.05, 0) is 120 Å². The molecule has 0 atom stereocenters. The van der Waals surface area contributed by atoms with Gasteiger partial charge in [0, 0.05) is 78.2 Å². The molecule has 434 valence electrons. The van der Waals surface area contributed by atoms with Gasteiger partial charge in [0.1, 0.15) is 5.82 Å². The molecule has 1 aliphatic carbocycles. The first kappa shape index (κ1) is 59.9. The van der Waals surface area contributed by atoms with Crippen LogP contribution in [0.3, 0.4) is 0 Å². The summed E-state index contributed by atoms with van der Waals surface area (Å²) in [5, 5.41) is 3.81. The Morgan fingerprint density at radius 3 is 1.75 bits per heavy atom. The van der Waals surface area contributed by atoms with Crippen molar-refractivity contribution in [1.82, 2.24) is 4.98 Å². The van der Waals surface area contributed by atoms with E-state index in [9.17, 15) is 0 Å². The standard InChI is InChI=1S/C78H83N4O.Pt/c1-73(2,3)54-37-40-67(80-70-48-66(76(10,11)12)64(49-79-70)62-31-24-32-65-71(62)78(15,16)42-41-77(65,13)14)63(46-54)52-35-38-58(39-36-52)83-59-28-22-27-57(47-59)81-50-82(69-34-21-20-33-68(69)81)72-60(51-25-18-17-19-26-51)29-23-30-61(72)53-43-55(74(4,5)6)45-56(44-53)75(7,8)9;/h17-38,40,43-46,48-50H,41-42H2,1-16H3,(H,79,80);/q-3;. The fourth-order valence-electron chi connectivity index (χ4n) is 12.2. The first-order valence-corrected chi connectivity index (χ1v) is 29.8. The molecule has 11 rings (SSSR count). The predicted octanol–water partition coefficient (Wildman–Crippen LogP) is 21.8. The summed E-state index contributed by atoms with van der Waals surface area (Å²) in [7, 11) is 0. The summed E-state index contributed by atoms with van der Waals surface area (Å²) in [4.78, 5) is 9.79. The van der Waals surface area contributed by atoms with E-state index in [2.05, 4.69) is 296 Å². The minimum atomic E-state index is -0.140. The molecule has 0 bridgehead atoms. The quantitative estimate of drug-likeness (QED) is 0.138. The van der Waals surface area contributed by atoms with E-state index in [0.717, 1.165) is 62.9 Å².